The van der Waals surface area contributed by atoms with E-state index in [0.29, 0.717) is 6.54 Å². The number of hydrogen-bond acceptors (Lipinski definition) is 2. The molecule has 0 aliphatic heterocycles. The highest BCUT2D eigenvalue weighted by Crippen LogP contribution is 2.25. The number of nitrogens with one attached hydrogen (secondary N) is 1. The summed E-state index contributed by atoms with van der Waals surface area (Å²) in [6.07, 6.45) is 0.877. The molecule has 1 aromatic heterocycles. The quantitative estimate of drug-likeness (QED) is 0.853. The summed E-state index contributed by atoms with van der Waals surface area (Å²) in [4.78, 5) is 5.38. The van der Waals surface area contributed by atoms with Crippen molar-refractivity contribution >= 4 is 10.9 Å². The van der Waals surface area contributed by atoms with E-state index in [1.54, 1.807) is 6.07 Å². The van der Waals surface area contributed by atoms with Crippen LogP contribution in [0.25, 0.3) is 10.9 Å². The van der Waals surface area contributed by atoms with Crippen LogP contribution in [0, 0.1) is 5.82 Å². The molecule has 4 heteroatoms. The number of aromatic nitrogens is 1. The topological polar surface area (TPSA) is 45.0 Å². The van der Waals surface area contributed by atoms with Gasteiger partial charge in [0.25, 0.3) is 0 Å². The average Bonchev–Trinajstić information content (AvgIpc) is 2.67. The highest BCUT2D eigenvalue weighted by Gasteiger charge is 2.15. The Morgan fingerprint density at radius 1 is 1.35 bits per heavy atom. The molecular weight excluding hydrogens is 217 g/mol. The van der Waals surface area contributed by atoms with Gasteiger partial charge in [0.05, 0.1) is 6.04 Å². The first-order chi connectivity index (χ1) is 8.11. The molecule has 17 heavy (non-hydrogen) atoms. The molecule has 3 N–H and O–H groups in total. The Morgan fingerprint density at radius 3 is 2.76 bits per heavy atom. The van der Waals surface area contributed by atoms with Crippen LogP contribution < -0.4 is 5.73 Å². The summed E-state index contributed by atoms with van der Waals surface area (Å²) in [5.74, 6) is -0.217. The third-order valence-electron chi connectivity index (χ3n) is 3.03. The summed E-state index contributed by atoms with van der Waals surface area (Å²) in [6, 6.07) is 7.10. The Bertz CT molecular complexity index is 504. The van der Waals surface area contributed by atoms with E-state index in [0.717, 1.165) is 23.0 Å². The lowest BCUT2D eigenvalue weighted by Crippen LogP contribution is -2.22. The monoisotopic (exact) mass is 235 g/mol. The van der Waals surface area contributed by atoms with E-state index in [9.17, 15) is 4.39 Å². The van der Waals surface area contributed by atoms with Crippen LogP contribution in [0.5, 0.6) is 0 Å². The number of nitrogens with zero attached hydrogens (tertiary/aromatic N) is 1. The van der Waals surface area contributed by atoms with E-state index in [-0.39, 0.29) is 11.9 Å². The summed E-state index contributed by atoms with van der Waals surface area (Å²) < 4.78 is 13.1. The number of hydrogen-bond donors (Lipinski definition) is 2. The number of benzene rings is 1. The highest BCUT2D eigenvalue weighted by molar-refractivity contribution is 5.80. The van der Waals surface area contributed by atoms with Crippen LogP contribution in [0.2, 0.25) is 0 Å². The molecule has 0 saturated heterocycles. The maximum absolute atomic E-state index is 13.1. The smallest absolute Gasteiger partial charge is 0.125 e. The van der Waals surface area contributed by atoms with Crippen molar-refractivity contribution in [1.82, 2.24) is 9.88 Å². The maximum atomic E-state index is 13.1. The fourth-order valence-electron chi connectivity index (χ4n) is 2.15. The molecule has 1 atom stereocenters. The van der Waals surface area contributed by atoms with Crippen LogP contribution in [-0.4, -0.2) is 30.5 Å². The van der Waals surface area contributed by atoms with Crippen LogP contribution in [-0.2, 0) is 0 Å². The van der Waals surface area contributed by atoms with Crippen LogP contribution >= 0.6 is 0 Å². The second-order valence-corrected chi connectivity index (χ2v) is 4.51. The molecule has 1 heterocycles. The maximum Gasteiger partial charge on any atom is 0.125 e. The van der Waals surface area contributed by atoms with Gasteiger partial charge in [0.1, 0.15) is 5.82 Å². The Morgan fingerprint density at radius 2 is 2.12 bits per heavy atom. The van der Waals surface area contributed by atoms with Gasteiger partial charge in [-0.3, -0.25) is 0 Å². The van der Waals surface area contributed by atoms with Crippen molar-refractivity contribution < 1.29 is 4.39 Å². The lowest BCUT2D eigenvalue weighted by Gasteiger charge is -2.22. The van der Waals surface area contributed by atoms with Gasteiger partial charge in [-0.15, -0.1) is 0 Å². The van der Waals surface area contributed by atoms with Crippen LogP contribution in [0.3, 0.4) is 0 Å². The van der Waals surface area contributed by atoms with Crippen LogP contribution in [0.15, 0.2) is 24.3 Å². The standard InChI is InChI=1S/C13H18FN3/c1-17(2)13(5-6-15)12-7-9-3-4-10(14)8-11(9)16-12/h3-4,7-8,13,16H,5-6,15H2,1-2H3. The zero-order chi connectivity index (χ0) is 12.4. The van der Waals surface area contributed by atoms with Crippen molar-refractivity contribution in [3.63, 3.8) is 0 Å². The molecule has 0 saturated carbocycles. The molecule has 2 rings (SSSR count). The van der Waals surface area contributed by atoms with Crippen molar-refractivity contribution in [1.29, 1.82) is 0 Å². The van der Waals surface area contributed by atoms with E-state index < -0.39 is 0 Å². The zero-order valence-electron chi connectivity index (χ0n) is 10.2. The normalized spacial score (nSPS) is 13.5. The third kappa shape index (κ3) is 2.48. The third-order valence-corrected chi connectivity index (χ3v) is 3.03. The molecule has 92 valence electrons. The molecule has 0 aliphatic rings. The SMILES string of the molecule is CN(C)C(CCN)c1cc2ccc(F)cc2[nH]1. The number of fused-ring (bicyclic) bond motifs is 1. The fourth-order valence-corrected chi connectivity index (χ4v) is 2.15. The fraction of sp³-hybridized carbons (Fsp3) is 0.385. The molecular formula is C13H18FN3. The molecule has 1 unspecified atom stereocenters. The minimum atomic E-state index is -0.217. The van der Waals surface area contributed by atoms with Gasteiger partial charge in [-0.25, -0.2) is 4.39 Å². The lowest BCUT2D eigenvalue weighted by molar-refractivity contribution is 0.282. The van der Waals surface area contributed by atoms with Gasteiger partial charge in [-0.2, -0.15) is 0 Å². The van der Waals surface area contributed by atoms with Gasteiger partial charge >= 0.3 is 0 Å². The summed E-state index contributed by atoms with van der Waals surface area (Å²) >= 11 is 0. The minimum absolute atomic E-state index is 0.217. The number of rotatable bonds is 4. The molecule has 3 nitrogen and oxygen atoms in total. The van der Waals surface area contributed by atoms with Gasteiger partial charge in [-0.1, -0.05) is 0 Å². The van der Waals surface area contributed by atoms with Gasteiger partial charge in [0.15, 0.2) is 0 Å². The van der Waals surface area contributed by atoms with Crippen molar-refractivity contribution in [2.75, 3.05) is 20.6 Å². The molecule has 0 amide bonds. The summed E-state index contributed by atoms with van der Waals surface area (Å²) in [5.41, 5.74) is 7.54. The van der Waals surface area contributed by atoms with E-state index in [4.69, 9.17) is 5.73 Å². The summed E-state index contributed by atoms with van der Waals surface area (Å²) in [5, 5.41) is 1.03. The van der Waals surface area contributed by atoms with Gasteiger partial charge in [-0.05, 0) is 56.7 Å². The predicted molar refractivity (Wildman–Crippen MR) is 68.4 cm³/mol. The lowest BCUT2D eigenvalue weighted by atomic mass is 10.1. The second-order valence-electron chi connectivity index (χ2n) is 4.51. The first-order valence-electron chi connectivity index (χ1n) is 5.76. The number of H-pyrrole nitrogens is 1. The van der Waals surface area contributed by atoms with Gasteiger partial charge in [0, 0.05) is 11.2 Å². The highest BCUT2D eigenvalue weighted by atomic mass is 19.1. The number of halogens is 1. The minimum Gasteiger partial charge on any atom is -0.357 e. The van der Waals surface area contributed by atoms with Crippen molar-refractivity contribution in [3.8, 4) is 0 Å². The number of nitrogens with two attached hydrogens (primary N) is 1. The molecule has 0 aliphatic carbocycles. The Balaban J connectivity index is 2.40. The Labute approximate surface area is 100 Å². The van der Waals surface area contributed by atoms with Crippen LogP contribution in [0.1, 0.15) is 18.2 Å². The predicted octanol–water partition coefficient (Wildman–Crippen LogP) is 2.26. The van der Waals surface area contributed by atoms with E-state index in [2.05, 4.69) is 16.0 Å². The van der Waals surface area contributed by atoms with Crippen molar-refractivity contribution in [3.05, 3.63) is 35.8 Å². The van der Waals surface area contributed by atoms with Crippen molar-refractivity contribution in [2.24, 2.45) is 5.73 Å². The Hall–Kier alpha value is -1.39. The molecule has 0 bridgehead atoms. The first kappa shape index (κ1) is 12.1. The molecule has 0 fully saturated rings. The molecule has 0 spiro atoms. The summed E-state index contributed by atoms with van der Waals surface area (Å²) in [7, 11) is 4.04. The van der Waals surface area contributed by atoms with Crippen molar-refractivity contribution in [2.45, 2.75) is 12.5 Å². The largest absolute Gasteiger partial charge is 0.357 e. The van der Waals surface area contributed by atoms with Gasteiger partial charge < -0.3 is 15.6 Å². The van der Waals surface area contributed by atoms with Crippen LogP contribution in [0.4, 0.5) is 4.39 Å². The number of aromatic amines is 1. The average molecular weight is 235 g/mol. The first-order valence-corrected chi connectivity index (χ1v) is 5.76. The Kier molecular flexibility index (Phi) is 3.45. The van der Waals surface area contributed by atoms with E-state index >= 15 is 0 Å². The zero-order valence-corrected chi connectivity index (χ0v) is 10.2. The van der Waals surface area contributed by atoms with E-state index in [1.807, 2.05) is 14.1 Å². The molecule has 0 radical (unpaired) electrons. The summed E-state index contributed by atoms with van der Waals surface area (Å²) in [6.45, 7) is 0.632. The van der Waals surface area contributed by atoms with Gasteiger partial charge in [0.2, 0.25) is 0 Å². The molecule has 2 aromatic rings. The van der Waals surface area contributed by atoms with E-state index in [1.165, 1.54) is 12.1 Å². The second kappa shape index (κ2) is 4.85. The molecule has 1 aromatic carbocycles.